The van der Waals surface area contributed by atoms with Crippen LogP contribution in [0.3, 0.4) is 0 Å². The van der Waals surface area contributed by atoms with Gasteiger partial charge in [-0.3, -0.25) is 9.00 Å². The van der Waals surface area contributed by atoms with Gasteiger partial charge in [0, 0.05) is 39.6 Å². The van der Waals surface area contributed by atoms with E-state index in [-0.39, 0.29) is 5.91 Å². The third-order valence-corrected chi connectivity index (χ3v) is 4.37. The number of ether oxygens (including phenoxy) is 1. The minimum atomic E-state index is -1.04. The molecule has 128 valence electrons. The molecule has 0 saturated carbocycles. The van der Waals surface area contributed by atoms with Gasteiger partial charge in [-0.15, -0.1) is 0 Å². The Balaban J connectivity index is 2.00. The molecule has 4 nitrogen and oxygen atoms in total. The zero-order valence-corrected chi connectivity index (χ0v) is 15.1. The predicted molar refractivity (Wildman–Crippen MR) is 96.7 cm³/mol. The van der Waals surface area contributed by atoms with Crippen LogP contribution in [0.15, 0.2) is 53.4 Å². The van der Waals surface area contributed by atoms with E-state index in [1.54, 1.807) is 30.5 Å². The smallest absolute Gasteiger partial charge is 0.251 e. The second-order valence-corrected chi connectivity index (χ2v) is 7.35. The maximum absolute atomic E-state index is 12.2. The van der Waals surface area contributed by atoms with Crippen LogP contribution in [0.1, 0.15) is 29.8 Å². The SMILES string of the molecule is CC(C)COc1ccccc1CNC(=O)c1ccc(S(C)=O)cc1. The summed E-state index contributed by atoms with van der Waals surface area (Å²) in [4.78, 5) is 13.0. The van der Waals surface area contributed by atoms with Gasteiger partial charge in [-0.05, 0) is 36.2 Å². The Morgan fingerprint density at radius 2 is 1.79 bits per heavy atom. The quantitative estimate of drug-likeness (QED) is 0.837. The lowest BCUT2D eigenvalue weighted by Crippen LogP contribution is -2.23. The highest BCUT2D eigenvalue weighted by molar-refractivity contribution is 7.84. The van der Waals surface area contributed by atoms with Crippen molar-refractivity contribution in [2.45, 2.75) is 25.3 Å². The summed E-state index contributed by atoms with van der Waals surface area (Å²) in [5.41, 5.74) is 1.49. The average Bonchev–Trinajstić information content (AvgIpc) is 2.58. The third kappa shape index (κ3) is 5.20. The number of benzene rings is 2. The molecule has 1 atom stereocenters. The van der Waals surface area contributed by atoms with E-state index < -0.39 is 10.8 Å². The van der Waals surface area contributed by atoms with Crippen LogP contribution in [0.4, 0.5) is 0 Å². The van der Waals surface area contributed by atoms with Crippen LogP contribution in [0.2, 0.25) is 0 Å². The Morgan fingerprint density at radius 3 is 2.42 bits per heavy atom. The number of para-hydroxylation sites is 1. The summed E-state index contributed by atoms with van der Waals surface area (Å²) in [7, 11) is -1.04. The van der Waals surface area contributed by atoms with E-state index in [0.29, 0.717) is 29.5 Å². The monoisotopic (exact) mass is 345 g/mol. The second kappa shape index (κ2) is 8.64. The minimum Gasteiger partial charge on any atom is -0.493 e. The van der Waals surface area contributed by atoms with E-state index in [2.05, 4.69) is 19.2 Å². The molecule has 2 rings (SSSR count). The highest BCUT2D eigenvalue weighted by Gasteiger charge is 2.09. The van der Waals surface area contributed by atoms with E-state index in [9.17, 15) is 9.00 Å². The van der Waals surface area contributed by atoms with Gasteiger partial charge in [-0.25, -0.2) is 0 Å². The molecule has 0 radical (unpaired) electrons. The summed E-state index contributed by atoms with van der Waals surface area (Å²) in [5.74, 6) is 1.07. The van der Waals surface area contributed by atoms with Gasteiger partial charge in [0.05, 0.1) is 6.61 Å². The van der Waals surface area contributed by atoms with Gasteiger partial charge >= 0.3 is 0 Å². The molecule has 0 aliphatic rings. The van der Waals surface area contributed by atoms with E-state index in [0.717, 1.165) is 11.3 Å². The van der Waals surface area contributed by atoms with Crippen LogP contribution in [0, 0.1) is 5.92 Å². The van der Waals surface area contributed by atoms with Crippen LogP contribution in [0.25, 0.3) is 0 Å². The van der Waals surface area contributed by atoms with Crippen LogP contribution in [-0.2, 0) is 17.3 Å². The molecule has 24 heavy (non-hydrogen) atoms. The first-order chi connectivity index (χ1) is 11.5. The van der Waals surface area contributed by atoms with Crippen LogP contribution < -0.4 is 10.1 Å². The molecule has 1 unspecified atom stereocenters. The molecular formula is C19H23NO3S. The van der Waals surface area contributed by atoms with E-state index in [1.165, 1.54) is 0 Å². The van der Waals surface area contributed by atoms with E-state index >= 15 is 0 Å². The first-order valence-corrected chi connectivity index (χ1v) is 9.45. The predicted octanol–water partition coefficient (Wildman–Crippen LogP) is 3.39. The highest BCUT2D eigenvalue weighted by atomic mass is 32.2. The fourth-order valence-corrected chi connectivity index (χ4v) is 2.64. The number of amides is 1. The fraction of sp³-hybridized carbons (Fsp3) is 0.316. The number of carbonyl (C=O) groups excluding carboxylic acids is 1. The van der Waals surface area contributed by atoms with Crippen molar-refractivity contribution in [3.05, 3.63) is 59.7 Å². The maximum Gasteiger partial charge on any atom is 0.251 e. The summed E-state index contributed by atoms with van der Waals surface area (Å²) in [6, 6.07) is 14.5. The summed E-state index contributed by atoms with van der Waals surface area (Å²) in [6.07, 6.45) is 1.61. The lowest BCUT2D eigenvalue weighted by atomic mass is 10.1. The number of carbonyl (C=O) groups is 1. The van der Waals surface area contributed by atoms with Crippen molar-refractivity contribution in [2.24, 2.45) is 5.92 Å². The molecule has 5 heteroatoms. The Hall–Kier alpha value is -2.14. The van der Waals surface area contributed by atoms with Gasteiger partial charge in [0.1, 0.15) is 5.75 Å². The van der Waals surface area contributed by atoms with E-state index in [1.807, 2.05) is 24.3 Å². The van der Waals surface area contributed by atoms with Crippen molar-refractivity contribution >= 4 is 16.7 Å². The van der Waals surface area contributed by atoms with Crippen molar-refractivity contribution in [3.63, 3.8) is 0 Å². The summed E-state index contributed by atoms with van der Waals surface area (Å²) >= 11 is 0. The molecule has 1 N–H and O–H groups in total. The maximum atomic E-state index is 12.2. The topological polar surface area (TPSA) is 55.4 Å². The van der Waals surface area contributed by atoms with Gasteiger partial charge in [0.2, 0.25) is 0 Å². The van der Waals surface area contributed by atoms with Gasteiger partial charge < -0.3 is 10.1 Å². The van der Waals surface area contributed by atoms with Crippen LogP contribution in [0.5, 0.6) is 5.75 Å². The largest absolute Gasteiger partial charge is 0.493 e. The van der Waals surface area contributed by atoms with Crippen LogP contribution in [-0.4, -0.2) is 23.0 Å². The number of hydrogen-bond acceptors (Lipinski definition) is 3. The average molecular weight is 345 g/mol. The molecule has 2 aromatic rings. The second-order valence-electron chi connectivity index (χ2n) is 5.97. The Morgan fingerprint density at radius 1 is 1.12 bits per heavy atom. The number of hydrogen-bond donors (Lipinski definition) is 1. The molecule has 0 aliphatic carbocycles. The fourth-order valence-electron chi connectivity index (χ4n) is 2.12. The zero-order valence-electron chi connectivity index (χ0n) is 14.2. The summed E-state index contributed by atoms with van der Waals surface area (Å²) in [6.45, 7) is 5.23. The summed E-state index contributed by atoms with van der Waals surface area (Å²) in [5, 5.41) is 2.90. The van der Waals surface area contributed by atoms with Crippen molar-refractivity contribution < 1.29 is 13.7 Å². The molecule has 1 amide bonds. The first kappa shape index (κ1) is 18.2. The van der Waals surface area contributed by atoms with Crippen molar-refractivity contribution in [2.75, 3.05) is 12.9 Å². The zero-order chi connectivity index (χ0) is 17.5. The first-order valence-electron chi connectivity index (χ1n) is 7.89. The molecule has 0 saturated heterocycles. The standard InChI is InChI=1S/C19H23NO3S/c1-14(2)13-23-18-7-5-4-6-16(18)12-20-19(21)15-8-10-17(11-9-15)24(3)22/h4-11,14H,12-13H2,1-3H3,(H,20,21). The third-order valence-electron chi connectivity index (χ3n) is 3.43. The molecule has 0 spiro atoms. The van der Waals surface area contributed by atoms with Crippen molar-refractivity contribution in [1.29, 1.82) is 0 Å². The highest BCUT2D eigenvalue weighted by Crippen LogP contribution is 2.18. The van der Waals surface area contributed by atoms with Gasteiger partial charge in [-0.2, -0.15) is 0 Å². The number of rotatable bonds is 7. The van der Waals surface area contributed by atoms with Crippen LogP contribution >= 0.6 is 0 Å². The lowest BCUT2D eigenvalue weighted by Gasteiger charge is -2.13. The Bertz CT molecular complexity index is 711. The van der Waals surface area contributed by atoms with Gasteiger partial charge in [0.25, 0.3) is 5.91 Å². The molecular weight excluding hydrogens is 322 g/mol. The van der Waals surface area contributed by atoms with Gasteiger partial charge in [0.15, 0.2) is 0 Å². The van der Waals surface area contributed by atoms with Crippen molar-refractivity contribution in [3.8, 4) is 5.75 Å². The summed E-state index contributed by atoms with van der Waals surface area (Å²) < 4.78 is 17.2. The Labute approximate surface area is 145 Å². The number of nitrogens with one attached hydrogen (secondary N) is 1. The molecule has 0 aromatic heterocycles. The Kier molecular flexibility index (Phi) is 6.55. The van der Waals surface area contributed by atoms with Crippen molar-refractivity contribution in [1.82, 2.24) is 5.32 Å². The normalized spacial score (nSPS) is 12.0. The minimum absolute atomic E-state index is 0.165. The molecule has 2 aromatic carbocycles. The lowest BCUT2D eigenvalue weighted by molar-refractivity contribution is 0.0950. The molecule has 0 fully saturated rings. The molecule has 0 heterocycles. The molecule has 0 aliphatic heterocycles. The van der Waals surface area contributed by atoms with E-state index in [4.69, 9.17) is 4.74 Å². The molecule has 0 bridgehead atoms. The van der Waals surface area contributed by atoms with Gasteiger partial charge in [-0.1, -0.05) is 32.0 Å².